The topological polar surface area (TPSA) is 37.2 Å². The summed E-state index contributed by atoms with van der Waals surface area (Å²) in [4.78, 5) is 0. The first kappa shape index (κ1) is 9.24. The summed E-state index contributed by atoms with van der Waals surface area (Å²) in [6, 6.07) is 8.07. The van der Waals surface area contributed by atoms with Crippen LogP contribution in [-0.2, 0) is 6.54 Å². The number of hydrogen-bond acceptors (Lipinski definition) is 3. The zero-order chi connectivity index (χ0) is 9.80. The lowest BCUT2D eigenvalue weighted by Crippen LogP contribution is -2.25. The standard InChI is InChI=1S/C11H14N2O/c1-12-8-13-6-9-7-14-11-5-3-2-4-10(9)11/h2-5,7,12-13H,6,8H2,1H3. The van der Waals surface area contributed by atoms with E-state index in [1.807, 2.05) is 31.5 Å². The van der Waals surface area contributed by atoms with Gasteiger partial charge in [-0.25, -0.2) is 0 Å². The van der Waals surface area contributed by atoms with E-state index in [2.05, 4.69) is 16.7 Å². The van der Waals surface area contributed by atoms with Gasteiger partial charge in [0.15, 0.2) is 0 Å². The number of nitrogens with one attached hydrogen (secondary N) is 2. The van der Waals surface area contributed by atoms with Crippen molar-refractivity contribution in [2.75, 3.05) is 13.7 Å². The molecule has 0 bridgehead atoms. The van der Waals surface area contributed by atoms with E-state index in [-0.39, 0.29) is 0 Å². The number of para-hydroxylation sites is 1. The van der Waals surface area contributed by atoms with E-state index >= 15 is 0 Å². The number of fused-ring (bicyclic) bond motifs is 1. The van der Waals surface area contributed by atoms with Gasteiger partial charge in [-0.2, -0.15) is 0 Å². The molecule has 0 fully saturated rings. The third-order valence-corrected chi connectivity index (χ3v) is 2.18. The molecule has 2 N–H and O–H groups in total. The lowest BCUT2D eigenvalue weighted by molar-refractivity contribution is 0.593. The molecule has 0 amide bonds. The van der Waals surface area contributed by atoms with Crippen LogP contribution in [-0.4, -0.2) is 13.7 Å². The van der Waals surface area contributed by atoms with Crippen LogP contribution in [0.3, 0.4) is 0 Å². The van der Waals surface area contributed by atoms with Crippen molar-refractivity contribution in [1.29, 1.82) is 0 Å². The summed E-state index contributed by atoms with van der Waals surface area (Å²) in [6.45, 7) is 1.64. The molecule has 0 saturated heterocycles. The van der Waals surface area contributed by atoms with Gasteiger partial charge in [-0.05, 0) is 13.1 Å². The van der Waals surface area contributed by atoms with Crippen molar-refractivity contribution in [3.8, 4) is 0 Å². The predicted molar refractivity (Wildman–Crippen MR) is 57.0 cm³/mol. The average Bonchev–Trinajstić information content (AvgIpc) is 2.63. The average molecular weight is 190 g/mol. The molecule has 14 heavy (non-hydrogen) atoms. The van der Waals surface area contributed by atoms with E-state index in [4.69, 9.17) is 4.42 Å². The summed E-state index contributed by atoms with van der Waals surface area (Å²) in [5.74, 6) is 0. The minimum absolute atomic E-state index is 0.805. The molecule has 1 aromatic carbocycles. The van der Waals surface area contributed by atoms with Crippen LogP contribution in [0.2, 0.25) is 0 Å². The molecular formula is C11H14N2O. The van der Waals surface area contributed by atoms with Gasteiger partial charge in [0, 0.05) is 24.2 Å². The van der Waals surface area contributed by atoms with E-state index in [1.165, 1.54) is 10.9 Å². The van der Waals surface area contributed by atoms with Crippen molar-refractivity contribution in [1.82, 2.24) is 10.6 Å². The van der Waals surface area contributed by atoms with Gasteiger partial charge in [0.25, 0.3) is 0 Å². The monoisotopic (exact) mass is 190 g/mol. The Morgan fingerprint density at radius 2 is 2.14 bits per heavy atom. The zero-order valence-electron chi connectivity index (χ0n) is 8.21. The van der Waals surface area contributed by atoms with Gasteiger partial charge in [0.05, 0.1) is 6.26 Å². The second-order valence-corrected chi connectivity index (χ2v) is 3.21. The van der Waals surface area contributed by atoms with E-state index in [0.29, 0.717) is 0 Å². The summed E-state index contributed by atoms with van der Waals surface area (Å²) >= 11 is 0. The van der Waals surface area contributed by atoms with Gasteiger partial charge in [-0.15, -0.1) is 0 Å². The summed E-state index contributed by atoms with van der Waals surface area (Å²) in [7, 11) is 1.92. The highest BCUT2D eigenvalue weighted by Gasteiger charge is 2.03. The zero-order valence-corrected chi connectivity index (χ0v) is 8.21. The van der Waals surface area contributed by atoms with Crippen molar-refractivity contribution in [3.63, 3.8) is 0 Å². The van der Waals surface area contributed by atoms with Gasteiger partial charge in [-0.1, -0.05) is 18.2 Å². The van der Waals surface area contributed by atoms with E-state index in [9.17, 15) is 0 Å². The molecule has 0 atom stereocenters. The van der Waals surface area contributed by atoms with Crippen molar-refractivity contribution < 1.29 is 4.42 Å². The van der Waals surface area contributed by atoms with Crippen molar-refractivity contribution in [2.45, 2.75) is 6.54 Å². The lowest BCUT2D eigenvalue weighted by Gasteiger charge is -2.00. The van der Waals surface area contributed by atoms with Crippen LogP contribution in [0.1, 0.15) is 5.56 Å². The Labute approximate surface area is 83.1 Å². The molecule has 0 radical (unpaired) electrons. The Morgan fingerprint density at radius 1 is 1.29 bits per heavy atom. The van der Waals surface area contributed by atoms with Crippen molar-refractivity contribution in [3.05, 3.63) is 36.1 Å². The molecule has 0 aliphatic rings. The van der Waals surface area contributed by atoms with Gasteiger partial charge >= 0.3 is 0 Å². The fourth-order valence-electron chi connectivity index (χ4n) is 1.49. The van der Waals surface area contributed by atoms with E-state index in [0.717, 1.165) is 18.8 Å². The molecule has 2 aromatic rings. The summed E-state index contributed by atoms with van der Waals surface area (Å²) in [5.41, 5.74) is 2.16. The molecular weight excluding hydrogens is 176 g/mol. The third kappa shape index (κ3) is 1.78. The second kappa shape index (κ2) is 4.26. The second-order valence-electron chi connectivity index (χ2n) is 3.21. The quantitative estimate of drug-likeness (QED) is 0.569. The maximum Gasteiger partial charge on any atom is 0.134 e. The van der Waals surface area contributed by atoms with Crippen LogP contribution in [0.5, 0.6) is 0 Å². The molecule has 1 aromatic heterocycles. The van der Waals surface area contributed by atoms with Gasteiger partial charge in [0.2, 0.25) is 0 Å². The van der Waals surface area contributed by atoms with Crippen LogP contribution < -0.4 is 10.6 Å². The molecule has 0 spiro atoms. The van der Waals surface area contributed by atoms with Crippen LogP contribution >= 0.6 is 0 Å². The molecule has 3 heteroatoms. The molecule has 0 saturated carbocycles. The van der Waals surface area contributed by atoms with Crippen molar-refractivity contribution in [2.24, 2.45) is 0 Å². The Morgan fingerprint density at radius 3 is 3.00 bits per heavy atom. The van der Waals surface area contributed by atoms with E-state index < -0.39 is 0 Å². The van der Waals surface area contributed by atoms with Crippen LogP contribution in [0.4, 0.5) is 0 Å². The fourth-order valence-corrected chi connectivity index (χ4v) is 1.49. The predicted octanol–water partition coefficient (Wildman–Crippen LogP) is 1.70. The fraction of sp³-hybridized carbons (Fsp3) is 0.273. The summed E-state index contributed by atoms with van der Waals surface area (Å²) in [6.07, 6.45) is 1.81. The summed E-state index contributed by atoms with van der Waals surface area (Å²) < 4.78 is 5.42. The molecule has 0 unspecified atom stereocenters. The van der Waals surface area contributed by atoms with Crippen LogP contribution in [0, 0.1) is 0 Å². The Balaban J connectivity index is 2.17. The highest BCUT2D eigenvalue weighted by atomic mass is 16.3. The largest absolute Gasteiger partial charge is 0.464 e. The third-order valence-electron chi connectivity index (χ3n) is 2.18. The minimum Gasteiger partial charge on any atom is -0.464 e. The molecule has 74 valence electrons. The highest BCUT2D eigenvalue weighted by Crippen LogP contribution is 2.19. The molecule has 3 nitrogen and oxygen atoms in total. The smallest absolute Gasteiger partial charge is 0.134 e. The SMILES string of the molecule is CNCNCc1coc2ccccc12. The Hall–Kier alpha value is -1.32. The summed E-state index contributed by atoms with van der Waals surface area (Å²) in [5, 5.41) is 7.49. The van der Waals surface area contributed by atoms with Gasteiger partial charge in [0.1, 0.15) is 5.58 Å². The molecule has 0 aliphatic carbocycles. The molecule has 1 heterocycles. The number of benzene rings is 1. The number of hydrogen-bond donors (Lipinski definition) is 2. The van der Waals surface area contributed by atoms with Crippen LogP contribution in [0.25, 0.3) is 11.0 Å². The van der Waals surface area contributed by atoms with E-state index in [1.54, 1.807) is 0 Å². The lowest BCUT2D eigenvalue weighted by atomic mass is 10.2. The Kier molecular flexibility index (Phi) is 2.81. The van der Waals surface area contributed by atoms with Crippen LogP contribution in [0.15, 0.2) is 34.9 Å². The first-order valence-corrected chi connectivity index (χ1v) is 4.72. The van der Waals surface area contributed by atoms with Gasteiger partial charge in [-0.3, -0.25) is 0 Å². The molecule has 2 rings (SSSR count). The maximum absolute atomic E-state index is 5.42. The first-order chi connectivity index (χ1) is 6.92. The molecule has 0 aliphatic heterocycles. The maximum atomic E-state index is 5.42. The van der Waals surface area contributed by atoms with Gasteiger partial charge < -0.3 is 15.1 Å². The normalized spacial score (nSPS) is 10.9. The highest BCUT2D eigenvalue weighted by molar-refractivity contribution is 5.80. The first-order valence-electron chi connectivity index (χ1n) is 4.72. The number of rotatable bonds is 4. The minimum atomic E-state index is 0.805. The number of furan rings is 1. The Bertz CT molecular complexity index is 408. The van der Waals surface area contributed by atoms with Crippen molar-refractivity contribution >= 4 is 11.0 Å².